The van der Waals surface area contributed by atoms with Crippen molar-refractivity contribution in [1.29, 1.82) is 0 Å². The van der Waals surface area contributed by atoms with Crippen molar-refractivity contribution in [2.75, 3.05) is 30.9 Å². The molecule has 1 aliphatic heterocycles. The Morgan fingerprint density at radius 3 is 2.68 bits per heavy atom. The van der Waals surface area contributed by atoms with Gasteiger partial charge in [0.2, 0.25) is 5.91 Å². The van der Waals surface area contributed by atoms with Crippen LogP contribution in [0.15, 0.2) is 48.5 Å². The van der Waals surface area contributed by atoms with Gasteiger partial charge in [-0.2, -0.15) is 0 Å². The molecule has 130 valence electrons. The number of hydrogen-bond acceptors (Lipinski definition) is 3. The van der Waals surface area contributed by atoms with Crippen molar-refractivity contribution in [2.24, 2.45) is 0 Å². The van der Waals surface area contributed by atoms with Crippen molar-refractivity contribution in [1.82, 2.24) is 4.90 Å². The first-order chi connectivity index (χ1) is 12.0. The Labute approximate surface area is 152 Å². The molecule has 1 fully saturated rings. The molecule has 0 spiro atoms. The molecule has 0 aromatic heterocycles. The first-order valence-corrected chi connectivity index (χ1v) is 8.49. The molecule has 1 N–H and O–H groups in total. The van der Waals surface area contributed by atoms with Gasteiger partial charge in [-0.15, -0.1) is 0 Å². The van der Waals surface area contributed by atoms with Crippen LogP contribution in [0.1, 0.15) is 16.8 Å². The molecule has 25 heavy (non-hydrogen) atoms. The highest BCUT2D eigenvalue weighted by atomic mass is 35.5. The Morgan fingerprint density at radius 2 is 1.96 bits per heavy atom. The molecule has 1 aliphatic rings. The van der Waals surface area contributed by atoms with Crippen LogP contribution in [0.5, 0.6) is 0 Å². The summed E-state index contributed by atoms with van der Waals surface area (Å²) in [5.41, 5.74) is 2.07. The lowest BCUT2D eigenvalue weighted by atomic mass is 10.1. The number of halogens is 1. The highest BCUT2D eigenvalue weighted by Crippen LogP contribution is 2.30. The second-order valence-corrected chi connectivity index (χ2v) is 6.61. The van der Waals surface area contributed by atoms with E-state index in [1.54, 1.807) is 37.2 Å². The molecule has 1 saturated heterocycles. The second kappa shape index (κ2) is 7.15. The van der Waals surface area contributed by atoms with Gasteiger partial charge in [0, 0.05) is 31.9 Å². The van der Waals surface area contributed by atoms with E-state index in [1.807, 2.05) is 30.3 Å². The fourth-order valence-electron chi connectivity index (χ4n) is 2.93. The number of anilines is 2. The minimum Gasteiger partial charge on any atom is -0.374 e. The molecule has 1 heterocycles. The molecule has 0 saturated carbocycles. The maximum atomic E-state index is 12.7. The predicted octanol–water partition coefficient (Wildman–Crippen LogP) is 3.26. The molecule has 2 aromatic carbocycles. The fourth-order valence-corrected chi connectivity index (χ4v) is 3.16. The first-order valence-electron chi connectivity index (χ1n) is 8.11. The summed E-state index contributed by atoms with van der Waals surface area (Å²) in [6.07, 6.45) is 0.676. The zero-order chi connectivity index (χ0) is 18.0. The molecular weight excluding hydrogens is 338 g/mol. The molecule has 1 atom stereocenters. The summed E-state index contributed by atoms with van der Waals surface area (Å²) in [6.45, 7) is 0.608. The third-order valence-corrected chi connectivity index (χ3v) is 4.52. The molecule has 0 radical (unpaired) electrons. The fraction of sp³-hybridized carbons (Fsp3) is 0.263. The van der Waals surface area contributed by atoms with Crippen LogP contribution in [-0.2, 0) is 4.79 Å². The lowest BCUT2D eigenvalue weighted by Gasteiger charge is -2.19. The summed E-state index contributed by atoms with van der Waals surface area (Å²) >= 11 is 6.21. The van der Waals surface area contributed by atoms with E-state index in [2.05, 4.69) is 5.32 Å². The predicted molar refractivity (Wildman–Crippen MR) is 100 cm³/mol. The number of rotatable bonds is 4. The zero-order valence-corrected chi connectivity index (χ0v) is 15.0. The molecule has 1 unspecified atom stereocenters. The summed E-state index contributed by atoms with van der Waals surface area (Å²) in [7, 11) is 3.43. The Kier molecular flexibility index (Phi) is 4.95. The lowest BCUT2D eigenvalue weighted by Crippen LogP contribution is -2.33. The van der Waals surface area contributed by atoms with E-state index in [4.69, 9.17) is 11.6 Å². The van der Waals surface area contributed by atoms with Crippen LogP contribution < -0.4 is 10.2 Å². The van der Waals surface area contributed by atoms with Crippen molar-refractivity contribution < 1.29 is 9.59 Å². The van der Waals surface area contributed by atoms with Crippen LogP contribution >= 0.6 is 11.6 Å². The van der Waals surface area contributed by atoms with Crippen LogP contribution in [0.4, 0.5) is 11.4 Å². The van der Waals surface area contributed by atoms with Crippen molar-refractivity contribution >= 4 is 34.8 Å². The normalized spacial score (nSPS) is 16.8. The number of nitrogens with one attached hydrogen (secondary N) is 1. The van der Waals surface area contributed by atoms with E-state index in [1.165, 1.54) is 4.90 Å². The van der Waals surface area contributed by atoms with Gasteiger partial charge < -0.3 is 15.1 Å². The highest BCUT2D eigenvalue weighted by molar-refractivity contribution is 6.34. The number of para-hydroxylation sites is 1. The molecule has 2 amide bonds. The summed E-state index contributed by atoms with van der Waals surface area (Å²) in [5.74, 6) is -0.0865. The van der Waals surface area contributed by atoms with E-state index < -0.39 is 0 Å². The molecule has 2 aromatic rings. The van der Waals surface area contributed by atoms with Crippen LogP contribution in [0.2, 0.25) is 5.02 Å². The maximum absolute atomic E-state index is 12.7. The van der Waals surface area contributed by atoms with Crippen molar-refractivity contribution in [3.05, 3.63) is 59.1 Å². The minimum absolute atomic E-state index is 0.0163. The molecule has 6 heteroatoms. The average Bonchev–Trinajstić information content (AvgIpc) is 2.95. The van der Waals surface area contributed by atoms with Crippen molar-refractivity contribution in [3.63, 3.8) is 0 Å². The van der Waals surface area contributed by atoms with Crippen LogP contribution in [-0.4, -0.2) is 43.4 Å². The Morgan fingerprint density at radius 1 is 1.20 bits per heavy atom. The largest absolute Gasteiger partial charge is 0.374 e. The summed E-state index contributed by atoms with van der Waals surface area (Å²) in [5, 5.41) is 3.80. The molecule has 0 bridgehead atoms. The SMILES string of the molecule is CN(C)C(=O)c1cccc(NC2CCN(c3ccccc3Cl)C2=O)c1. The first kappa shape index (κ1) is 17.3. The maximum Gasteiger partial charge on any atom is 0.253 e. The van der Waals surface area contributed by atoms with E-state index in [9.17, 15) is 9.59 Å². The topological polar surface area (TPSA) is 52.7 Å². The Hall–Kier alpha value is -2.53. The number of nitrogens with zero attached hydrogens (tertiary/aromatic N) is 2. The third kappa shape index (κ3) is 3.61. The summed E-state index contributed by atoms with van der Waals surface area (Å²) in [6, 6.07) is 14.2. The van der Waals surface area contributed by atoms with Gasteiger partial charge in [-0.3, -0.25) is 9.59 Å². The van der Waals surface area contributed by atoms with Gasteiger partial charge in [0.1, 0.15) is 6.04 Å². The number of hydrogen-bond donors (Lipinski definition) is 1. The molecule has 3 rings (SSSR count). The quantitative estimate of drug-likeness (QED) is 0.913. The number of carbonyl (C=O) groups is 2. The van der Waals surface area contributed by atoms with Crippen LogP contribution in [0.25, 0.3) is 0 Å². The van der Waals surface area contributed by atoms with Crippen LogP contribution in [0.3, 0.4) is 0 Å². The highest BCUT2D eigenvalue weighted by Gasteiger charge is 2.33. The molecular formula is C19H20ClN3O2. The van der Waals surface area contributed by atoms with Gasteiger partial charge in [-0.1, -0.05) is 29.8 Å². The van der Waals surface area contributed by atoms with Crippen molar-refractivity contribution in [3.8, 4) is 0 Å². The zero-order valence-electron chi connectivity index (χ0n) is 14.2. The number of benzene rings is 2. The third-order valence-electron chi connectivity index (χ3n) is 4.21. The number of amides is 2. The standard InChI is InChI=1S/C19H20ClN3O2/c1-22(2)18(24)13-6-5-7-14(12-13)21-16-10-11-23(19(16)25)17-9-4-3-8-15(17)20/h3-9,12,16,21H,10-11H2,1-2H3. The van der Waals surface area contributed by atoms with E-state index in [0.717, 1.165) is 11.4 Å². The monoisotopic (exact) mass is 357 g/mol. The second-order valence-electron chi connectivity index (χ2n) is 6.21. The van der Waals surface area contributed by atoms with E-state index >= 15 is 0 Å². The Balaban J connectivity index is 1.75. The Bertz CT molecular complexity index is 807. The smallest absolute Gasteiger partial charge is 0.253 e. The molecule has 0 aliphatic carbocycles. The lowest BCUT2D eigenvalue weighted by molar-refractivity contribution is -0.117. The number of carbonyl (C=O) groups excluding carboxylic acids is 2. The van der Waals surface area contributed by atoms with Crippen LogP contribution in [0, 0.1) is 0 Å². The van der Waals surface area contributed by atoms with Gasteiger partial charge in [-0.05, 0) is 36.8 Å². The minimum atomic E-state index is -0.332. The van der Waals surface area contributed by atoms with Gasteiger partial charge in [0.05, 0.1) is 10.7 Å². The van der Waals surface area contributed by atoms with Gasteiger partial charge in [0.15, 0.2) is 0 Å². The average molecular weight is 358 g/mol. The molecule has 5 nitrogen and oxygen atoms in total. The van der Waals surface area contributed by atoms with E-state index in [0.29, 0.717) is 23.6 Å². The van der Waals surface area contributed by atoms with Gasteiger partial charge in [0.25, 0.3) is 5.91 Å². The van der Waals surface area contributed by atoms with Gasteiger partial charge >= 0.3 is 0 Å². The summed E-state index contributed by atoms with van der Waals surface area (Å²) < 4.78 is 0. The van der Waals surface area contributed by atoms with E-state index in [-0.39, 0.29) is 17.9 Å². The summed E-state index contributed by atoms with van der Waals surface area (Å²) in [4.78, 5) is 28.0. The van der Waals surface area contributed by atoms with Crippen molar-refractivity contribution in [2.45, 2.75) is 12.5 Å². The van der Waals surface area contributed by atoms with Gasteiger partial charge in [-0.25, -0.2) is 0 Å².